The molecule has 2 aliphatic rings. The number of aryl methyl sites for hydroxylation is 1. The fraction of sp³-hybridized carbons (Fsp3) is 0.478. The van der Waals surface area contributed by atoms with Gasteiger partial charge in [-0.05, 0) is 34.3 Å². The van der Waals surface area contributed by atoms with Gasteiger partial charge in [-0.2, -0.15) is 0 Å². The van der Waals surface area contributed by atoms with E-state index in [4.69, 9.17) is 0 Å². The lowest BCUT2D eigenvalue weighted by Crippen LogP contribution is -2.66. The van der Waals surface area contributed by atoms with Crippen LogP contribution in [0.1, 0.15) is 64.7 Å². The molecule has 0 amide bonds. The van der Waals surface area contributed by atoms with Crippen molar-refractivity contribution in [3.8, 4) is 0 Å². The molecule has 0 N–H and O–H groups in total. The van der Waals surface area contributed by atoms with E-state index in [1.807, 2.05) is 27.7 Å². The average Bonchev–Trinajstić information content (AvgIpc) is 2.64. The Morgan fingerprint density at radius 1 is 0.833 bits per heavy atom. The molecule has 0 saturated heterocycles. The second-order valence-corrected chi connectivity index (χ2v) is 11.4. The molecule has 0 radical (unpaired) electrons. The Bertz CT molecular complexity index is 699. The quantitative estimate of drug-likeness (QED) is 0.555. The van der Waals surface area contributed by atoms with Gasteiger partial charge in [0, 0.05) is 5.41 Å². The summed E-state index contributed by atoms with van der Waals surface area (Å²) in [7, 11) is -1.50. The topological polar surface area (TPSA) is 0 Å². The van der Waals surface area contributed by atoms with Gasteiger partial charge >= 0.3 is 0 Å². The predicted molar refractivity (Wildman–Crippen MR) is 112 cm³/mol. The third-order valence-electron chi connectivity index (χ3n) is 5.69. The summed E-state index contributed by atoms with van der Waals surface area (Å²) in [4.78, 5) is 0. The van der Waals surface area contributed by atoms with Crippen LogP contribution in [0.25, 0.3) is 0 Å². The highest BCUT2D eigenvalue weighted by molar-refractivity contribution is 7.02. The Labute approximate surface area is 150 Å². The molecule has 1 unspecified atom stereocenters. The molecule has 0 fully saturated rings. The second-order valence-electron chi connectivity index (χ2n) is 7.20. The summed E-state index contributed by atoms with van der Waals surface area (Å²) in [5.74, 6) is 0. The molecule has 24 heavy (non-hydrogen) atoms. The molecular formula is C23H34Si. The lowest BCUT2D eigenvalue weighted by molar-refractivity contribution is 0.641. The summed E-state index contributed by atoms with van der Waals surface area (Å²) in [5, 5.41) is 3.47. The number of benzene rings is 2. The third kappa shape index (κ3) is 2.67. The van der Waals surface area contributed by atoms with E-state index in [9.17, 15) is 0 Å². The Morgan fingerprint density at radius 2 is 1.46 bits per heavy atom. The fourth-order valence-corrected chi connectivity index (χ4v) is 9.70. The molecule has 1 heteroatoms. The summed E-state index contributed by atoms with van der Waals surface area (Å²) in [6, 6.07) is 17.7. The van der Waals surface area contributed by atoms with E-state index >= 15 is 0 Å². The van der Waals surface area contributed by atoms with E-state index in [-0.39, 0.29) is 5.41 Å². The van der Waals surface area contributed by atoms with Crippen molar-refractivity contribution in [2.45, 2.75) is 72.4 Å². The predicted octanol–water partition coefficient (Wildman–Crippen LogP) is 5.52. The molecule has 0 aliphatic carbocycles. The minimum absolute atomic E-state index is 0.159. The molecule has 0 bridgehead atoms. The van der Waals surface area contributed by atoms with Gasteiger partial charge in [0.1, 0.15) is 8.07 Å². The van der Waals surface area contributed by atoms with Crippen molar-refractivity contribution in [2.75, 3.05) is 0 Å². The lowest BCUT2D eigenvalue weighted by atomic mass is 9.76. The Balaban J connectivity index is 0.000000487. The Hall–Kier alpha value is -1.34. The molecule has 2 aliphatic heterocycles. The van der Waals surface area contributed by atoms with Crippen LogP contribution < -0.4 is 10.4 Å². The van der Waals surface area contributed by atoms with Crippen molar-refractivity contribution in [1.82, 2.24) is 0 Å². The third-order valence-corrected chi connectivity index (χ3v) is 10.4. The number of fused-ring (bicyclic) bond motifs is 2. The lowest BCUT2D eigenvalue weighted by Gasteiger charge is -2.47. The molecule has 2 aromatic carbocycles. The van der Waals surface area contributed by atoms with Crippen LogP contribution >= 0.6 is 0 Å². The van der Waals surface area contributed by atoms with Crippen molar-refractivity contribution >= 4 is 18.4 Å². The summed E-state index contributed by atoms with van der Waals surface area (Å²) in [6.45, 7) is 15.4. The highest BCUT2D eigenvalue weighted by Gasteiger charge is 2.47. The fourth-order valence-electron chi connectivity index (χ4n) is 4.66. The Kier molecular flexibility index (Phi) is 5.75. The van der Waals surface area contributed by atoms with E-state index in [1.54, 1.807) is 27.1 Å². The zero-order valence-electron chi connectivity index (χ0n) is 16.7. The van der Waals surface area contributed by atoms with Crippen molar-refractivity contribution in [3.63, 3.8) is 0 Å². The molecule has 2 heterocycles. The van der Waals surface area contributed by atoms with Gasteiger partial charge in [-0.25, -0.2) is 0 Å². The molecule has 0 saturated carbocycles. The van der Waals surface area contributed by atoms with Crippen LogP contribution in [0, 0.1) is 0 Å². The molecular weight excluding hydrogens is 304 g/mol. The minimum Gasteiger partial charge on any atom is -0.0683 e. The van der Waals surface area contributed by atoms with E-state index < -0.39 is 8.07 Å². The minimum atomic E-state index is -1.50. The van der Waals surface area contributed by atoms with Crippen LogP contribution in [0.2, 0.25) is 12.6 Å². The van der Waals surface area contributed by atoms with Gasteiger partial charge in [0.05, 0.1) is 0 Å². The van der Waals surface area contributed by atoms with Crippen LogP contribution in [0.5, 0.6) is 0 Å². The summed E-state index contributed by atoms with van der Waals surface area (Å²) >= 11 is 0. The van der Waals surface area contributed by atoms with Crippen LogP contribution in [0.3, 0.4) is 0 Å². The molecule has 1 atom stereocenters. The van der Waals surface area contributed by atoms with Gasteiger partial charge in [0.25, 0.3) is 0 Å². The van der Waals surface area contributed by atoms with Gasteiger partial charge in [-0.3, -0.25) is 0 Å². The highest BCUT2D eigenvalue weighted by atomic mass is 28.3. The number of hydrogen-bond acceptors (Lipinski definition) is 0. The zero-order valence-corrected chi connectivity index (χ0v) is 17.7. The van der Waals surface area contributed by atoms with Crippen molar-refractivity contribution in [3.05, 3.63) is 59.2 Å². The van der Waals surface area contributed by atoms with Crippen LogP contribution in [-0.2, 0) is 11.8 Å². The molecule has 0 aromatic heterocycles. The second kappa shape index (κ2) is 7.27. The number of rotatable bonds is 0. The molecule has 0 nitrogen and oxygen atoms in total. The van der Waals surface area contributed by atoms with Crippen molar-refractivity contribution in [2.24, 2.45) is 0 Å². The summed E-state index contributed by atoms with van der Waals surface area (Å²) in [5.41, 5.74) is 5.00. The van der Waals surface area contributed by atoms with Gasteiger partial charge in [0.15, 0.2) is 0 Å². The maximum absolute atomic E-state index is 2.60. The average molecular weight is 339 g/mol. The summed E-state index contributed by atoms with van der Waals surface area (Å²) < 4.78 is 0. The maximum atomic E-state index is 2.60. The monoisotopic (exact) mass is 338 g/mol. The van der Waals surface area contributed by atoms with E-state index in [1.165, 1.54) is 18.9 Å². The normalized spacial score (nSPS) is 22.0. The van der Waals surface area contributed by atoms with Gasteiger partial charge in [-0.15, -0.1) is 0 Å². The molecule has 2 aromatic rings. The van der Waals surface area contributed by atoms with Crippen LogP contribution in [0.4, 0.5) is 0 Å². The first-order chi connectivity index (χ1) is 11.5. The zero-order chi connectivity index (χ0) is 18.0. The number of hydrogen-bond donors (Lipinski definition) is 0. The van der Waals surface area contributed by atoms with E-state index in [2.05, 4.69) is 62.9 Å². The van der Waals surface area contributed by atoms with Crippen LogP contribution in [0.15, 0.2) is 42.5 Å². The molecule has 0 spiro atoms. The highest BCUT2D eigenvalue weighted by Crippen LogP contribution is 2.39. The van der Waals surface area contributed by atoms with E-state index in [0.717, 1.165) is 0 Å². The standard InChI is InChI=1S/C19H22Si.2C2H6/c1-19(2)15-10-4-5-12-17(15)20(3)13-7-9-14-8-6-11-16(19)18(14)20;2*1-2/h4-6,8,10-12H,7,9,13H2,1-3H3;2*1-2H3. The van der Waals surface area contributed by atoms with Gasteiger partial charge < -0.3 is 0 Å². The first-order valence-corrected chi connectivity index (χ1v) is 12.5. The maximum Gasteiger partial charge on any atom is 0.116 e. The SMILES string of the molecule is CC.CC.CC1(C)c2ccccc2[Si]2(C)CCCc3cccc1c32. The smallest absolute Gasteiger partial charge is 0.0683 e. The van der Waals surface area contributed by atoms with Gasteiger partial charge in [-0.1, -0.05) is 102 Å². The first kappa shape index (κ1) is 19.0. The van der Waals surface area contributed by atoms with Crippen molar-refractivity contribution in [1.29, 1.82) is 0 Å². The first-order valence-electron chi connectivity index (χ1n) is 9.78. The largest absolute Gasteiger partial charge is 0.116 e. The van der Waals surface area contributed by atoms with Gasteiger partial charge in [0.2, 0.25) is 0 Å². The van der Waals surface area contributed by atoms with Crippen molar-refractivity contribution < 1.29 is 0 Å². The van der Waals surface area contributed by atoms with Crippen LogP contribution in [-0.4, -0.2) is 8.07 Å². The molecule has 130 valence electrons. The van der Waals surface area contributed by atoms with E-state index in [0.29, 0.717) is 0 Å². The summed E-state index contributed by atoms with van der Waals surface area (Å²) in [6.07, 6.45) is 2.65. The Morgan fingerprint density at radius 3 is 2.17 bits per heavy atom. The molecule has 4 rings (SSSR count).